The van der Waals surface area contributed by atoms with Gasteiger partial charge in [0.1, 0.15) is 5.15 Å². The van der Waals surface area contributed by atoms with E-state index in [9.17, 15) is 8.76 Å². The third-order valence-corrected chi connectivity index (χ3v) is 5.20. The summed E-state index contributed by atoms with van der Waals surface area (Å²) >= 11 is 10.8. The average Bonchev–Trinajstić information content (AvgIpc) is 2.54. The Hall–Kier alpha value is -1.46. The smallest absolute Gasteiger partial charge is 0.134 e. The van der Waals surface area contributed by atoms with Gasteiger partial charge in [-0.15, -0.1) is 0 Å². The fourth-order valence-electron chi connectivity index (χ4n) is 2.65. The van der Waals surface area contributed by atoms with Crippen LogP contribution in [0.1, 0.15) is 22.3 Å². The molecule has 0 aliphatic carbocycles. The molecule has 3 nitrogen and oxygen atoms in total. The molecule has 0 aliphatic heterocycles. The van der Waals surface area contributed by atoms with Crippen LogP contribution in [0.4, 0.5) is 0 Å². The lowest BCUT2D eigenvalue weighted by Crippen LogP contribution is -1.97. The summed E-state index contributed by atoms with van der Waals surface area (Å²) < 4.78 is 21.5. The molecule has 1 atom stereocenters. The molecule has 3 rings (SSSR count). The third-order valence-electron chi connectivity index (χ3n) is 3.89. The summed E-state index contributed by atoms with van der Waals surface area (Å²) in [5.41, 5.74) is 4.35. The summed E-state index contributed by atoms with van der Waals surface area (Å²) in [4.78, 5) is 4.49. The first-order valence-corrected chi connectivity index (χ1v) is 9.32. The van der Waals surface area contributed by atoms with E-state index in [1.54, 1.807) is 12.1 Å². The van der Waals surface area contributed by atoms with Crippen LogP contribution in [0.15, 0.2) is 42.5 Å². The number of halogens is 2. The molecule has 0 saturated heterocycles. The highest BCUT2D eigenvalue weighted by Gasteiger charge is 2.14. The van der Waals surface area contributed by atoms with E-state index in [1.807, 2.05) is 37.3 Å². The standard InChI is InChI=1S/C18H15Cl2NO2S/c1-11-3-2-4-14-16(19)15(18(20)21-17(11)14)9-12-5-7-13(8-6-12)10-24(22)23/h2-8H,9-10H2,1H3,(H,22,23)/p-1. The predicted octanol–water partition coefficient (Wildman–Crippen LogP) is 4.82. The van der Waals surface area contributed by atoms with E-state index in [4.69, 9.17) is 23.2 Å². The molecule has 0 aliphatic rings. The fraction of sp³-hybridized carbons (Fsp3) is 0.167. The Morgan fingerprint density at radius 1 is 1.08 bits per heavy atom. The lowest BCUT2D eigenvalue weighted by atomic mass is 10.0. The van der Waals surface area contributed by atoms with Crippen LogP contribution in [0.25, 0.3) is 10.9 Å². The SMILES string of the molecule is Cc1cccc2c(Cl)c(Cc3ccc(CS(=O)[O-])cc3)c(Cl)nc12. The van der Waals surface area contributed by atoms with Gasteiger partial charge in [-0.3, -0.25) is 4.21 Å². The number of hydrogen-bond donors (Lipinski definition) is 0. The van der Waals surface area contributed by atoms with Crippen LogP contribution in [0, 0.1) is 6.92 Å². The highest BCUT2D eigenvalue weighted by molar-refractivity contribution is 7.78. The Morgan fingerprint density at radius 3 is 2.42 bits per heavy atom. The van der Waals surface area contributed by atoms with Gasteiger partial charge >= 0.3 is 0 Å². The van der Waals surface area contributed by atoms with E-state index in [2.05, 4.69) is 4.98 Å². The number of rotatable bonds is 4. The van der Waals surface area contributed by atoms with Crippen LogP contribution in [-0.2, 0) is 23.3 Å². The van der Waals surface area contributed by atoms with E-state index in [-0.39, 0.29) is 5.75 Å². The van der Waals surface area contributed by atoms with Crippen molar-refractivity contribution in [1.29, 1.82) is 0 Å². The number of benzene rings is 2. The quantitative estimate of drug-likeness (QED) is 0.482. The van der Waals surface area contributed by atoms with Crippen molar-refractivity contribution in [2.45, 2.75) is 19.1 Å². The van der Waals surface area contributed by atoms with Gasteiger partial charge in [0.15, 0.2) is 0 Å². The predicted molar refractivity (Wildman–Crippen MR) is 98.4 cm³/mol. The number of para-hydroxylation sites is 1. The minimum atomic E-state index is -2.09. The normalized spacial score (nSPS) is 12.5. The highest BCUT2D eigenvalue weighted by Crippen LogP contribution is 2.33. The molecule has 0 N–H and O–H groups in total. The average molecular weight is 379 g/mol. The lowest BCUT2D eigenvalue weighted by molar-refractivity contribution is 0.536. The molecule has 1 unspecified atom stereocenters. The van der Waals surface area contributed by atoms with Crippen molar-refractivity contribution in [1.82, 2.24) is 4.98 Å². The molecule has 0 fully saturated rings. The Kier molecular flexibility index (Phi) is 5.21. The molecule has 0 spiro atoms. The minimum absolute atomic E-state index is 0.0125. The van der Waals surface area contributed by atoms with Crippen LogP contribution >= 0.6 is 23.2 Å². The van der Waals surface area contributed by atoms with Crippen molar-refractivity contribution in [2.75, 3.05) is 0 Å². The topological polar surface area (TPSA) is 53.0 Å². The Labute approximate surface area is 152 Å². The van der Waals surface area contributed by atoms with Gasteiger partial charge in [-0.25, -0.2) is 4.98 Å². The molecule has 0 amide bonds. The molecule has 2 aromatic carbocycles. The monoisotopic (exact) mass is 378 g/mol. The minimum Gasteiger partial charge on any atom is -0.772 e. The molecular formula is C18H14Cl2NO2S-. The van der Waals surface area contributed by atoms with Crippen molar-refractivity contribution >= 4 is 45.2 Å². The van der Waals surface area contributed by atoms with Gasteiger partial charge in [0.25, 0.3) is 0 Å². The molecule has 6 heteroatoms. The molecule has 3 aromatic rings. The van der Waals surface area contributed by atoms with Gasteiger partial charge in [0, 0.05) is 23.1 Å². The number of nitrogens with zero attached hydrogens (tertiary/aromatic N) is 1. The Morgan fingerprint density at radius 2 is 1.75 bits per heavy atom. The number of hydrogen-bond acceptors (Lipinski definition) is 3. The van der Waals surface area contributed by atoms with Gasteiger partial charge in [0.2, 0.25) is 0 Å². The zero-order valence-electron chi connectivity index (χ0n) is 12.9. The first kappa shape index (κ1) is 17.4. The zero-order chi connectivity index (χ0) is 17.3. The summed E-state index contributed by atoms with van der Waals surface area (Å²) in [6, 6.07) is 13.2. The summed E-state index contributed by atoms with van der Waals surface area (Å²) in [6.07, 6.45) is 0.537. The van der Waals surface area contributed by atoms with Crippen molar-refractivity contribution < 1.29 is 8.76 Å². The van der Waals surface area contributed by atoms with Crippen LogP contribution < -0.4 is 0 Å². The Bertz CT molecular complexity index is 926. The summed E-state index contributed by atoms with van der Waals surface area (Å²) in [7, 11) is 0. The van der Waals surface area contributed by atoms with E-state index >= 15 is 0 Å². The molecular weight excluding hydrogens is 365 g/mol. The van der Waals surface area contributed by atoms with Crippen LogP contribution in [0.3, 0.4) is 0 Å². The second-order valence-electron chi connectivity index (χ2n) is 5.61. The molecule has 1 aromatic heterocycles. The van der Waals surface area contributed by atoms with Crippen molar-refractivity contribution in [3.05, 3.63) is 74.9 Å². The van der Waals surface area contributed by atoms with Gasteiger partial charge in [0.05, 0.1) is 10.5 Å². The van der Waals surface area contributed by atoms with E-state index in [1.165, 1.54) is 0 Å². The van der Waals surface area contributed by atoms with Crippen LogP contribution in [-0.4, -0.2) is 13.7 Å². The van der Waals surface area contributed by atoms with Gasteiger partial charge in [-0.2, -0.15) is 0 Å². The van der Waals surface area contributed by atoms with Gasteiger partial charge < -0.3 is 4.55 Å². The Balaban J connectivity index is 1.97. The van der Waals surface area contributed by atoms with Gasteiger partial charge in [-0.1, -0.05) is 76.7 Å². The molecule has 0 bridgehead atoms. The maximum absolute atomic E-state index is 10.7. The van der Waals surface area contributed by atoms with Crippen molar-refractivity contribution in [2.24, 2.45) is 0 Å². The van der Waals surface area contributed by atoms with Gasteiger partial charge in [-0.05, 0) is 23.6 Å². The highest BCUT2D eigenvalue weighted by atomic mass is 35.5. The molecule has 0 saturated carbocycles. The fourth-order valence-corrected chi connectivity index (χ4v) is 3.71. The van der Waals surface area contributed by atoms with Crippen LogP contribution in [0.5, 0.6) is 0 Å². The maximum Gasteiger partial charge on any atom is 0.134 e. The third kappa shape index (κ3) is 3.62. The number of aryl methyl sites for hydroxylation is 1. The van der Waals surface area contributed by atoms with E-state index in [0.29, 0.717) is 16.6 Å². The summed E-state index contributed by atoms with van der Waals surface area (Å²) in [5, 5.41) is 1.89. The lowest BCUT2D eigenvalue weighted by Gasteiger charge is -2.12. The second-order valence-corrected chi connectivity index (χ2v) is 7.24. The second kappa shape index (κ2) is 7.19. The summed E-state index contributed by atoms with van der Waals surface area (Å²) in [6.45, 7) is 1.97. The van der Waals surface area contributed by atoms with Crippen molar-refractivity contribution in [3.8, 4) is 0 Å². The first-order chi connectivity index (χ1) is 11.5. The first-order valence-electron chi connectivity index (χ1n) is 7.32. The van der Waals surface area contributed by atoms with E-state index < -0.39 is 11.1 Å². The zero-order valence-corrected chi connectivity index (χ0v) is 15.2. The molecule has 24 heavy (non-hydrogen) atoms. The van der Waals surface area contributed by atoms with E-state index in [0.717, 1.165) is 33.2 Å². The molecule has 124 valence electrons. The maximum atomic E-state index is 10.7. The number of fused-ring (bicyclic) bond motifs is 1. The molecule has 1 heterocycles. The largest absolute Gasteiger partial charge is 0.772 e. The summed E-state index contributed by atoms with van der Waals surface area (Å²) in [5.74, 6) is 0.0125. The van der Waals surface area contributed by atoms with Crippen molar-refractivity contribution in [3.63, 3.8) is 0 Å². The number of pyridine rings is 1. The molecule has 0 radical (unpaired) electrons. The number of aromatic nitrogens is 1. The van der Waals surface area contributed by atoms with Crippen LogP contribution in [0.2, 0.25) is 10.2 Å².